The molecule has 1 aliphatic heterocycles. The average molecular weight is 658 g/mol. The molecule has 3 atom stereocenters. The van der Waals surface area contributed by atoms with Crippen molar-refractivity contribution in [3.05, 3.63) is 62.2 Å². The zero-order valence-electron chi connectivity index (χ0n) is 26.4. The van der Waals surface area contributed by atoms with Crippen LogP contribution in [0.3, 0.4) is 0 Å². The molecule has 1 saturated heterocycles. The van der Waals surface area contributed by atoms with Crippen LogP contribution >= 0.6 is 0 Å². The molecule has 47 heavy (non-hydrogen) atoms. The smallest absolute Gasteiger partial charge is 0.461 e. The lowest BCUT2D eigenvalue weighted by atomic mass is 9.95. The molecule has 4 aromatic heterocycles. The molecule has 1 aliphatic rings. The Morgan fingerprint density at radius 2 is 1.72 bits per heavy atom. The standard InChI is InChI=1S/C30H32FN5O11/c1-8-30(12-41-25(37)14(2)3)22(47-26(38)15(4)5)18(11-42-30)36-13-33-21-23(32-9-19-16(6)43-28(39)45-19)35(27(31)34-24(21)36)10-20-17(7)44-29(40)46-20/h1,13-15,18,22H,9-12H2,2-7H3/b32-23-/t18?,22-,30+/m0/s1. The molecule has 1 unspecified atom stereocenters. The molecule has 0 bridgehead atoms. The van der Waals surface area contributed by atoms with Gasteiger partial charge in [0.2, 0.25) is 5.60 Å². The molecule has 0 aliphatic carbocycles. The van der Waals surface area contributed by atoms with Gasteiger partial charge in [-0.1, -0.05) is 33.6 Å². The Morgan fingerprint density at radius 3 is 2.30 bits per heavy atom. The largest absolute Gasteiger partial charge is 0.519 e. The Hall–Kier alpha value is -5.24. The van der Waals surface area contributed by atoms with E-state index in [4.69, 9.17) is 38.3 Å². The summed E-state index contributed by atoms with van der Waals surface area (Å²) in [6, 6.07) is -0.907. The number of hydrogen-bond acceptors (Lipinski definition) is 14. The van der Waals surface area contributed by atoms with E-state index in [1.54, 1.807) is 27.7 Å². The number of halogens is 1. The Kier molecular flexibility index (Phi) is 9.07. The van der Waals surface area contributed by atoms with Crippen molar-refractivity contribution in [1.29, 1.82) is 0 Å². The van der Waals surface area contributed by atoms with Crippen molar-refractivity contribution < 1.29 is 45.9 Å². The number of terminal acetylenes is 1. The molecule has 16 nitrogen and oxygen atoms in total. The Morgan fingerprint density at radius 1 is 1.09 bits per heavy atom. The number of imidazole rings is 1. The summed E-state index contributed by atoms with van der Waals surface area (Å²) < 4.78 is 55.6. The van der Waals surface area contributed by atoms with Crippen molar-refractivity contribution in [2.24, 2.45) is 16.8 Å². The summed E-state index contributed by atoms with van der Waals surface area (Å²) in [7, 11) is 0. The molecule has 0 spiro atoms. The Balaban J connectivity index is 1.65. The number of carbonyl (C=O) groups is 2. The maximum absolute atomic E-state index is 16.0. The molecule has 0 aromatic carbocycles. The number of esters is 2. The summed E-state index contributed by atoms with van der Waals surface area (Å²) in [4.78, 5) is 61.6. The topological polar surface area (TPSA) is 197 Å². The molecule has 0 radical (unpaired) electrons. The van der Waals surface area contributed by atoms with Gasteiger partial charge in [-0.05, 0) is 13.8 Å². The van der Waals surface area contributed by atoms with Crippen molar-refractivity contribution in [2.45, 2.75) is 72.4 Å². The molecule has 1 fully saturated rings. The second-order valence-corrected chi connectivity index (χ2v) is 11.5. The lowest BCUT2D eigenvalue weighted by Crippen LogP contribution is -2.48. The SMILES string of the molecule is C#C[C@]1(COC(=O)C(C)C)OCC(n2cnc3/c(=N/Cc4oc(=O)oc4C)n(Cc4oc(=O)oc4C)c(F)nc32)[C@@H]1OC(=O)C(C)C. The zero-order valence-corrected chi connectivity index (χ0v) is 26.4. The maximum Gasteiger partial charge on any atom is 0.519 e. The third-order valence-electron chi connectivity index (χ3n) is 7.54. The van der Waals surface area contributed by atoms with Gasteiger partial charge >= 0.3 is 23.6 Å². The fraction of sp³-hybridized carbons (Fsp3) is 0.500. The molecule has 4 aromatic rings. The third-order valence-corrected chi connectivity index (χ3v) is 7.54. The van der Waals surface area contributed by atoms with Gasteiger partial charge in [-0.15, -0.1) is 6.42 Å². The summed E-state index contributed by atoms with van der Waals surface area (Å²) in [5, 5.41) is 0. The highest BCUT2D eigenvalue weighted by Gasteiger charge is 2.54. The van der Waals surface area contributed by atoms with Crippen LogP contribution in [0.5, 0.6) is 0 Å². The number of carbonyl (C=O) groups excluding carboxylic acids is 2. The number of nitrogens with zero attached hydrogens (tertiary/aromatic N) is 5. The zero-order chi connectivity index (χ0) is 34.2. The third kappa shape index (κ3) is 6.41. The normalized spacial score (nSPS) is 20.0. The minimum atomic E-state index is -1.69. The summed E-state index contributed by atoms with van der Waals surface area (Å²) in [5.74, 6) is -1.22. The van der Waals surface area contributed by atoms with Crippen molar-refractivity contribution in [3.63, 3.8) is 0 Å². The van der Waals surface area contributed by atoms with Crippen LogP contribution in [0.25, 0.3) is 11.2 Å². The van der Waals surface area contributed by atoms with Gasteiger partial charge in [0.05, 0.1) is 31.3 Å². The van der Waals surface area contributed by atoms with Gasteiger partial charge in [0, 0.05) is 0 Å². The van der Waals surface area contributed by atoms with Crippen LogP contribution in [0.2, 0.25) is 0 Å². The summed E-state index contributed by atoms with van der Waals surface area (Å²) >= 11 is 0. The quantitative estimate of drug-likeness (QED) is 0.136. The number of hydrogen-bond donors (Lipinski definition) is 0. The van der Waals surface area contributed by atoms with E-state index >= 15 is 4.39 Å². The van der Waals surface area contributed by atoms with Gasteiger partial charge in [0.15, 0.2) is 34.3 Å². The predicted molar refractivity (Wildman–Crippen MR) is 155 cm³/mol. The van der Waals surface area contributed by atoms with Gasteiger partial charge in [-0.2, -0.15) is 9.37 Å². The number of aryl methyl sites for hydroxylation is 2. The minimum absolute atomic E-state index is 0.00144. The molecular formula is C30H32FN5O11. The predicted octanol–water partition coefficient (Wildman–Crippen LogP) is 1.94. The average Bonchev–Trinajstić information content (AvgIpc) is 3.76. The molecule has 0 saturated carbocycles. The highest BCUT2D eigenvalue weighted by atomic mass is 19.1. The first kappa shape index (κ1) is 33.1. The fourth-order valence-electron chi connectivity index (χ4n) is 4.87. The van der Waals surface area contributed by atoms with Crippen molar-refractivity contribution in [1.82, 2.24) is 19.1 Å². The van der Waals surface area contributed by atoms with Crippen molar-refractivity contribution >= 4 is 23.1 Å². The molecule has 5 heterocycles. The van der Waals surface area contributed by atoms with Crippen LogP contribution in [-0.4, -0.2) is 56.0 Å². The van der Waals surface area contributed by atoms with E-state index in [-0.39, 0.29) is 59.4 Å². The minimum Gasteiger partial charge on any atom is -0.461 e. The van der Waals surface area contributed by atoms with Gasteiger partial charge < -0.3 is 36.4 Å². The van der Waals surface area contributed by atoms with Crippen molar-refractivity contribution in [3.8, 4) is 12.3 Å². The molecule has 5 rings (SSSR count). The number of rotatable bonds is 10. The van der Waals surface area contributed by atoms with E-state index in [1.807, 2.05) is 0 Å². The maximum atomic E-state index is 16.0. The first-order valence-electron chi connectivity index (χ1n) is 14.6. The molecule has 250 valence electrons. The van der Waals surface area contributed by atoms with E-state index in [0.717, 1.165) is 4.57 Å². The van der Waals surface area contributed by atoms with E-state index in [0.29, 0.717) is 0 Å². The number of fused-ring (bicyclic) bond motifs is 1. The fourth-order valence-corrected chi connectivity index (χ4v) is 4.87. The summed E-state index contributed by atoms with van der Waals surface area (Å²) in [5.41, 5.74) is -1.75. The van der Waals surface area contributed by atoms with Gasteiger partial charge in [-0.3, -0.25) is 19.1 Å². The van der Waals surface area contributed by atoms with E-state index in [2.05, 4.69) is 20.9 Å². The number of ether oxygens (including phenoxy) is 3. The second kappa shape index (κ2) is 12.9. The first-order chi connectivity index (χ1) is 22.2. The van der Waals surface area contributed by atoms with Crippen LogP contribution in [0.1, 0.15) is 56.8 Å². The van der Waals surface area contributed by atoms with E-state index < -0.39 is 65.9 Å². The van der Waals surface area contributed by atoms with Gasteiger partial charge in [0.25, 0.3) is 6.08 Å². The summed E-state index contributed by atoms with van der Waals surface area (Å²) in [6.45, 7) is 8.31. The van der Waals surface area contributed by atoms with Gasteiger partial charge in [0.1, 0.15) is 30.7 Å². The lowest BCUT2D eigenvalue weighted by molar-refractivity contribution is -0.168. The lowest BCUT2D eigenvalue weighted by Gasteiger charge is -2.31. The first-order valence-corrected chi connectivity index (χ1v) is 14.6. The van der Waals surface area contributed by atoms with Crippen LogP contribution in [0, 0.1) is 44.1 Å². The Labute approximate surface area is 265 Å². The molecule has 0 N–H and O–H groups in total. The van der Waals surface area contributed by atoms with E-state index in [1.165, 1.54) is 24.7 Å². The van der Waals surface area contributed by atoms with Crippen LogP contribution < -0.4 is 17.1 Å². The van der Waals surface area contributed by atoms with Crippen molar-refractivity contribution in [2.75, 3.05) is 13.2 Å². The molecular weight excluding hydrogens is 625 g/mol. The molecule has 17 heteroatoms. The summed E-state index contributed by atoms with van der Waals surface area (Å²) in [6.07, 6.45) is 4.94. The highest BCUT2D eigenvalue weighted by molar-refractivity contribution is 5.73. The van der Waals surface area contributed by atoms with Crippen LogP contribution in [0.15, 0.2) is 38.6 Å². The molecule has 0 amide bonds. The van der Waals surface area contributed by atoms with Crippen LogP contribution in [-0.2, 0) is 36.9 Å². The highest BCUT2D eigenvalue weighted by Crippen LogP contribution is 2.38. The van der Waals surface area contributed by atoms with Gasteiger partial charge in [-0.25, -0.2) is 14.6 Å². The Bertz CT molecular complexity index is 2050. The monoisotopic (exact) mass is 657 g/mol. The second-order valence-electron chi connectivity index (χ2n) is 11.5. The van der Waals surface area contributed by atoms with E-state index in [9.17, 15) is 19.2 Å². The number of aromatic nitrogens is 4. The van der Waals surface area contributed by atoms with Crippen LogP contribution in [0.4, 0.5) is 4.39 Å².